The number of nitrogens with two attached hydrogens (primary N) is 1. The van der Waals surface area contributed by atoms with E-state index in [1.54, 1.807) is 18.2 Å². The second-order valence-electron chi connectivity index (χ2n) is 5.65. The van der Waals surface area contributed by atoms with Gasteiger partial charge in [0.2, 0.25) is 5.88 Å². The maximum Gasteiger partial charge on any atom is 0.205 e. The first-order chi connectivity index (χ1) is 12.2. The van der Waals surface area contributed by atoms with Crippen LogP contribution in [0.2, 0.25) is 0 Å². The van der Waals surface area contributed by atoms with Crippen molar-refractivity contribution >= 4 is 5.78 Å². The minimum atomic E-state index is -0.457. The molecule has 0 amide bonds. The Bertz CT molecular complexity index is 866. The fraction of sp³-hybridized carbons (Fsp3) is 0.200. The highest BCUT2D eigenvalue weighted by Gasteiger charge is 2.32. The van der Waals surface area contributed by atoms with Crippen molar-refractivity contribution in [2.75, 3.05) is 6.61 Å². The monoisotopic (exact) mass is 334 g/mol. The number of hydrogen-bond acceptors (Lipinski definition) is 5. The molecule has 2 aromatic carbocycles. The van der Waals surface area contributed by atoms with Crippen molar-refractivity contribution < 1.29 is 14.3 Å². The first kappa shape index (κ1) is 16.6. The molecule has 0 radical (unpaired) electrons. The number of nitriles is 1. The Morgan fingerprint density at radius 1 is 1.24 bits per heavy atom. The maximum atomic E-state index is 12.7. The van der Waals surface area contributed by atoms with E-state index < -0.39 is 5.92 Å². The highest BCUT2D eigenvalue weighted by atomic mass is 16.5. The third-order valence-corrected chi connectivity index (χ3v) is 4.12. The molecular formula is C20H18N2O3. The molecule has 0 fully saturated rings. The highest BCUT2D eigenvalue weighted by molar-refractivity contribution is 5.97. The van der Waals surface area contributed by atoms with Crippen LogP contribution in [0.1, 0.15) is 35.2 Å². The molecule has 5 heteroatoms. The van der Waals surface area contributed by atoms with Crippen molar-refractivity contribution in [1.82, 2.24) is 0 Å². The number of Topliss-reactive ketones (excluding diaryl/α,β-unsaturated/α-hetero) is 1. The molecule has 25 heavy (non-hydrogen) atoms. The zero-order valence-electron chi connectivity index (χ0n) is 13.9. The van der Waals surface area contributed by atoms with Crippen LogP contribution < -0.4 is 15.2 Å². The smallest absolute Gasteiger partial charge is 0.205 e. The molecule has 2 aromatic rings. The summed E-state index contributed by atoms with van der Waals surface area (Å²) in [6, 6.07) is 16.5. The van der Waals surface area contributed by atoms with Gasteiger partial charge in [0, 0.05) is 23.5 Å². The van der Waals surface area contributed by atoms with E-state index >= 15 is 0 Å². The van der Waals surface area contributed by atoms with Crippen molar-refractivity contribution in [2.24, 2.45) is 5.73 Å². The van der Waals surface area contributed by atoms with Crippen LogP contribution >= 0.6 is 0 Å². The van der Waals surface area contributed by atoms with Gasteiger partial charge in [-0.1, -0.05) is 42.5 Å². The molecule has 0 saturated carbocycles. The van der Waals surface area contributed by atoms with Gasteiger partial charge in [0.25, 0.3) is 0 Å². The molecule has 2 N–H and O–H groups in total. The topological polar surface area (TPSA) is 85.3 Å². The number of ether oxygens (including phenoxy) is 2. The van der Waals surface area contributed by atoms with Gasteiger partial charge in [-0.25, -0.2) is 0 Å². The summed E-state index contributed by atoms with van der Waals surface area (Å²) in [5.41, 5.74) is 7.55. The molecule has 3 rings (SSSR count). The first-order valence-corrected chi connectivity index (χ1v) is 8.07. The third kappa shape index (κ3) is 3.20. The SMILES string of the molecule is CCOc1cccc2c1OC(N)=C(C#N)C2CC(=O)c1ccccc1. The first-order valence-electron chi connectivity index (χ1n) is 8.07. The second kappa shape index (κ2) is 7.10. The molecule has 126 valence electrons. The summed E-state index contributed by atoms with van der Waals surface area (Å²) in [7, 11) is 0. The Morgan fingerprint density at radius 2 is 2.00 bits per heavy atom. The van der Waals surface area contributed by atoms with Crippen molar-refractivity contribution in [3.63, 3.8) is 0 Å². The van der Waals surface area contributed by atoms with Crippen LogP contribution in [0.4, 0.5) is 0 Å². The minimum Gasteiger partial charge on any atom is -0.490 e. The normalized spacial score (nSPS) is 15.8. The Morgan fingerprint density at radius 3 is 2.68 bits per heavy atom. The lowest BCUT2D eigenvalue weighted by molar-refractivity contribution is 0.0976. The van der Waals surface area contributed by atoms with Crippen molar-refractivity contribution in [2.45, 2.75) is 19.3 Å². The number of hydrogen-bond donors (Lipinski definition) is 1. The predicted molar refractivity (Wildman–Crippen MR) is 93.2 cm³/mol. The van der Waals surface area contributed by atoms with Gasteiger partial charge in [-0.15, -0.1) is 0 Å². The summed E-state index contributed by atoms with van der Waals surface area (Å²) >= 11 is 0. The van der Waals surface area contributed by atoms with E-state index in [4.69, 9.17) is 15.2 Å². The molecule has 0 spiro atoms. The number of rotatable bonds is 5. The Balaban J connectivity index is 2.01. The van der Waals surface area contributed by atoms with Crippen LogP contribution in [0.3, 0.4) is 0 Å². The van der Waals surface area contributed by atoms with Crippen molar-refractivity contribution in [3.8, 4) is 17.6 Å². The zero-order valence-corrected chi connectivity index (χ0v) is 13.9. The van der Waals surface area contributed by atoms with Crippen LogP contribution in [-0.2, 0) is 0 Å². The quantitative estimate of drug-likeness (QED) is 0.846. The number of allylic oxidation sites excluding steroid dienone is 1. The summed E-state index contributed by atoms with van der Waals surface area (Å²) in [6.45, 7) is 2.35. The van der Waals surface area contributed by atoms with Gasteiger partial charge in [0.05, 0.1) is 12.2 Å². The summed E-state index contributed by atoms with van der Waals surface area (Å²) < 4.78 is 11.2. The third-order valence-electron chi connectivity index (χ3n) is 4.12. The van der Waals surface area contributed by atoms with Gasteiger partial charge in [-0.2, -0.15) is 5.26 Å². The lowest BCUT2D eigenvalue weighted by atomic mass is 9.84. The molecule has 0 bridgehead atoms. The Hall–Kier alpha value is -3.26. The predicted octanol–water partition coefficient (Wildman–Crippen LogP) is 3.53. The molecule has 1 atom stereocenters. The summed E-state index contributed by atoms with van der Waals surface area (Å²) in [5, 5.41) is 9.50. The Labute approximate surface area is 146 Å². The van der Waals surface area contributed by atoms with Crippen molar-refractivity contribution in [1.29, 1.82) is 5.26 Å². The second-order valence-corrected chi connectivity index (χ2v) is 5.65. The fourth-order valence-electron chi connectivity index (χ4n) is 2.95. The van der Waals surface area contributed by atoms with Crippen LogP contribution in [0.25, 0.3) is 0 Å². The van der Waals surface area contributed by atoms with E-state index in [-0.39, 0.29) is 23.7 Å². The minimum absolute atomic E-state index is 0.0213. The maximum absolute atomic E-state index is 12.7. The van der Waals surface area contributed by atoms with Gasteiger partial charge in [-0.05, 0) is 13.0 Å². The number of para-hydroxylation sites is 1. The van der Waals surface area contributed by atoms with E-state index in [9.17, 15) is 10.1 Å². The van der Waals surface area contributed by atoms with E-state index in [1.807, 2.05) is 37.3 Å². The lowest BCUT2D eigenvalue weighted by Gasteiger charge is -2.27. The fourth-order valence-corrected chi connectivity index (χ4v) is 2.95. The summed E-state index contributed by atoms with van der Waals surface area (Å²) in [6.07, 6.45) is 0.138. The molecule has 5 nitrogen and oxygen atoms in total. The average Bonchev–Trinajstić information content (AvgIpc) is 2.63. The lowest BCUT2D eigenvalue weighted by Crippen LogP contribution is -2.22. The molecule has 1 heterocycles. The molecule has 1 aliphatic heterocycles. The van der Waals surface area contributed by atoms with Gasteiger partial charge in [-0.3, -0.25) is 4.79 Å². The summed E-state index contributed by atoms with van der Waals surface area (Å²) in [5.74, 6) is 0.541. The largest absolute Gasteiger partial charge is 0.490 e. The zero-order chi connectivity index (χ0) is 17.8. The van der Waals surface area contributed by atoms with Gasteiger partial charge in [0.1, 0.15) is 6.07 Å². The van der Waals surface area contributed by atoms with E-state index in [2.05, 4.69) is 6.07 Å². The molecule has 0 aromatic heterocycles. The number of carbonyl (C=O) groups excluding carboxylic acids is 1. The standard InChI is InChI=1S/C20H18N2O3/c1-2-24-18-10-6-9-14-15(16(12-21)20(22)25-19(14)18)11-17(23)13-7-4-3-5-8-13/h3-10,15H,2,11,22H2,1H3. The van der Waals surface area contributed by atoms with Gasteiger partial charge < -0.3 is 15.2 Å². The van der Waals surface area contributed by atoms with Crippen LogP contribution in [0.5, 0.6) is 11.5 Å². The van der Waals surface area contributed by atoms with Crippen LogP contribution in [-0.4, -0.2) is 12.4 Å². The number of ketones is 1. The van der Waals surface area contributed by atoms with Gasteiger partial charge >= 0.3 is 0 Å². The Kier molecular flexibility index (Phi) is 4.71. The molecule has 0 saturated heterocycles. The summed E-state index contributed by atoms with van der Waals surface area (Å²) in [4.78, 5) is 12.7. The number of benzene rings is 2. The van der Waals surface area contributed by atoms with E-state index in [1.165, 1.54) is 0 Å². The van der Waals surface area contributed by atoms with E-state index in [0.717, 1.165) is 5.56 Å². The van der Waals surface area contributed by atoms with Crippen LogP contribution in [0, 0.1) is 11.3 Å². The number of fused-ring (bicyclic) bond motifs is 1. The molecule has 1 aliphatic rings. The molecule has 0 aliphatic carbocycles. The highest BCUT2D eigenvalue weighted by Crippen LogP contribution is 2.45. The number of carbonyl (C=O) groups is 1. The van der Waals surface area contributed by atoms with E-state index in [0.29, 0.717) is 23.7 Å². The van der Waals surface area contributed by atoms with Crippen molar-refractivity contribution in [3.05, 3.63) is 71.1 Å². The van der Waals surface area contributed by atoms with Gasteiger partial charge in [0.15, 0.2) is 17.3 Å². The number of nitrogens with zero attached hydrogens (tertiary/aromatic N) is 1. The van der Waals surface area contributed by atoms with Crippen LogP contribution in [0.15, 0.2) is 60.0 Å². The molecule has 1 unspecified atom stereocenters. The molecular weight excluding hydrogens is 316 g/mol. The average molecular weight is 334 g/mol.